The number of amides is 1. The maximum absolute atomic E-state index is 11.9. The summed E-state index contributed by atoms with van der Waals surface area (Å²) in [5.74, 6) is 0.967. The van der Waals surface area contributed by atoms with E-state index in [4.69, 9.17) is 18.0 Å². The van der Waals surface area contributed by atoms with Crippen LogP contribution in [0.3, 0.4) is 0 Å². The molecule has 4 heteroatoms. The molecule has 3 nitrogen and oxygen atoms in total. The summed E-state index contributed by atoms with van der Waals surface area (Å²) < 4.78 is 0. The molecule has 0 unspecified atom stereocenters. The number of hydrogen-bond acceptors (Lipinski definition) is 2. The molecule has 92 valence electrons. The van der Waals surface area contributed by atoms with Crippen molar-refractivity contribution in [3.05, 3.63) is 0 Å². The van der Waals surface area contributed by atoms with Gasteiger partial charge in [0.05, 0.1) is 11.5 Å². The van der Waals surface area contributed by atoms with Gasteiger partial charge in [-0.25, -0.2) is 0 Å². The highest BCUT2D eigenvalue weighted by atomic mass is 32.1. The molecule has 0 aromatic carbocycles. The van der Waals surface area contributed by atoms with Crippen LogP contribution < -0.4 is 5.73 Å². The van der Waals surface area contributed by atoms with Crippen molar-refractivity contribution < 1.29 is 4.79 Å². The first kappa shape index (κ1) is 13.4. The largest absolute Gasteiger partial charge is 0.392 e. The summed E-state index contributed by atoms with van der Waals surface area (Å²) in [7, 11) is 0. The predicted octanol–water partition coefficient (Wildman–Crippen LogP) is 2.09. The van der Waals surface area contributed by atoms with Gasteiger partial charge >= 0.3 is 0 Å². The van der Waals surface area contributed by atoms with Gasteiger partial charge in [0, 0.05) is 13.0 Å². The lowest BCUT2D eigenvalue weighted by molar-refractivity contribution is -0.130. The smallest absolute Gasteiger partial charge is 0.222 e. The summed E-state index contributed by atoms with van der Waals surface area (Å²) in [4.78, 5) is 14.0. The monoisotopic (exact) mass is 242 g/mol. The number of rotatable bonds is 6. The minimum Gasteiger partial charge on any atom is -0.392 e. The highest BCUT2D eigenvalue weighted by Gasteiger charge is 2.18. The molecular weight excluding hydrogens is 220 g/mol. The zero-order chi connectivity index (χ0) is 12.0. The molecule has 1 rings (SSSR count). The number of carbonyl (C=O) groups excluding carboxylic acids is 1. The first-order valence-electron chi connectivity index (χ1n) is 6.19. The fraction of sp³-hybridized carbons (Fsp3) is 0.833. The summed E-state index contributed by atoms with van der Waals surface area (Å²) in [5, 5.41) is 0. The van der Waals surface area contributed by atoms with E-state index in [0.717, 1.165) is 12.3 Å². The highest BCUT2D eigenvalue weighted by molar-refractivity contribution is 7.80. The lowest BCUT2D eigenvalue weighted by atomic mass is 10.0. The van der Waals surface area contributed by atoms with Gasteiger partial charge in [0.25, 0.3) is 0 Å². The molecule has 0 saturated heterocycles. The summed E-state index contributed by atoms with van der Waals surface area (Å²) in [6.07, 6.45) is 6.96. The van der Waals surface area contributed by atoms with Crippen molar-refractivity contribution in [3.8, 4) is 0 Å². The van der Waals surface area contributed by atoms with Crippen LogP contribution in [0.15, 0.2) is 0 Å². The molecule has 0 bridgehead atoms. The number of thiocarbonyl (C=S) groups is 1. The zero-order valence-electron chi connectivity index (χ0n) is 10.1. The van der Waals surface area contributed by atoms with E-state index >= 15 is 0 Å². The lowest BCUT2D eigenvalue weighted by Gasteiger charge is -2.20. The topological polar surface area (TPSA) is 46.3 Å². The predicted molar refractivity (Wildman–Crippen MR) is 70.2 cm³/mol. The Kier molecular flexibility index (Phi) is 5.74. The van der Waals surface area contributed by atoms with Gasteiger partial charge in [-0.1, -0.05) is 37.9 Å². The van der Waals surface area contributed by atoms with E-state index in [-0.39, 0.29) is 5.91 Å². The van der Waals surface area contributed by atoms with Crippen LogP contribution >= 0.6 is 12.2 Å². The minimum absolute atomic E-state index is 0.196. The Labute approximate surface area is 103 Å². The average Bonchev–Trinajstić information content (AvgIpc) is 2.75. The zero-order valence-corrected chi connectivity index (χ0v) is 10.9. The maximum Gasteiger partial charge on any atom is 0.222 e. The third-order valence-corrected chi connectivity index (χ3v) is 3.45. The number of nitrogens with two attached hydrogens (primary N) is 1. The van der Waals surface area contributed by atoms with Crippen molar-refractivity contribution in [1.82, 2.24) is 4.90 Å². The molecule has 16 heavy (non-hydrogen) atoms. The van der Waals surface area contributed by atoms with Gasteiger partial charge in [0.1, 0.15) is 0 Å². The van der Waals surface area contributed by atoms with Crippen molar-refractivity contribution in [2.24, 2.45) is 11.7 Å². The highest BCUT2D eigenvalue weighted by Crippen LogP contribution is 2.28. The first-order valence-corrected chi connectivity index (χ1v) is 6.60. The Morgan fingerprint density at radius 3 is 2.56 bits per heavy atom. The summed E-state index contributed by atoms with van der Waals surface area (Å²) in [6, 6.07) is 0. The molecule has 0 spiro atoms. The SMILES string of the molecule is CCN(CC(N)=S)C(=O)CCC1CCCC1. The first-order chi connectivity index (χ1) is 7.63. The minimum atomic E-state index is 0.196. The Morgan fingerprint density at radius 2 is 2.06 bits per heavy atom. The second-order valence-electron chi connectivity index (χ2n) is 4.56. The van der Waals surface area contributed by atoms with Gasteiger partial charge in [-0.3, -0.25) is 4.79 Å². The normalized spacial score (nSPS) is 16.3. The Balaban J connectivity index is 2.28. The van der Waals surface area contributed by atoms with Crippen molar-refractivity contribution >= 4 is 23.1 Å². The molecule has 0 atom stereocenters. The third kappa shape index (κ3) is 4.47. The van der Waals surface area contributed by atoms with Crippen LogP contribution in [0.5, 0.6) is 0 Å². The third-order valence-electron chi connectivity index (χ3n) is 3.32. The van der Waals surface area contributed by atoms with Crippen molar-refractivity contribution in [2.45, 2.75) is 45.4 Å². The van der Waals surface area contributed by atoms with Crippen LogP contribution in [0.25, 0.3) is 0 Å². The molecule has 0 aliphatic heterocycles. The molecule has 2 N–H and O–H groups in total. The number of nitrogens with zero attached hydrogens (tertiary/aromatic N) is 1. The maximum atomic E-state index is 11.9. The Morgan fingerprint density at radius 1 is 1.44 bits per heavy atom. The number of carbonyl (C=O) groups is 1. The van der Waals surface area contributed by atoms with Gasteiger partial charge < -0.3 is 10.6 Å². The van der Waals surface area contributed by atoms with E-state index in [0.29, 0.717) is 24.5 Å². The van der Waals surface area contributed by atoms with Crippen LogP contribution in [0.4, 0.5) is 0 Å². The van der Waals surface area contributed by atoms with Crippen molar-refractivity contribution in [1.29, 1.82) is 0 Å². The Hall–Kier alpha value is -0.640. The van der Waals surface area contributed by atoms with Crippen LogP contribution in [-0.4, -0.2) is 28.9 Å². The van der Waals surface area contributed by atoms with E-state index in [1.165, 1.54) is 25.7 Å². The summed E-state index contributed by atoms with van der Waals surface area (Å²) >= 11 is 4.83. The van der Waals surface area contributed by atoms with E-state index < -0.39 is 0 Å². The van der Waals surface area contributed by atoms with E-state index in [1.807, 2.05) is 6.92 Å². The molecule has 0 aromatic rings. The number of hydrogen-bond donors (Lipinski definition) is 1. The molecular formula is C12H22N2OS. The molecule has 1 fully saturated rings. The van der Waals surface area contributed by atoms with Crippen molar-refractivity contribution in [2.75, 3.05) is 13.1 Å². The fourth-order valence-corrected chi connectivity index (χ4v) is 2.51. The molecule has 0 radical (unpaired) electrons. The van der Waals surface area contributed by atoms with Crippen LogP contribution in [-0.2, 0) is 4.79 Å². The van der Waals surface area contributed by atoms with E-state index in [9.17, 15) is 4.79 Å². The average molecular weight is 242 g/mol. The van der Waals surface area contributed by atoms with Gasteiger partial charge in [-0.05, 0) is 19.3 Å². The molecule has 1 aliphatic carbocycles. The quantitative estimate of drug-likeness (QED) is 0.725. The molecule has 0 heterocycles. The fourth-order valence-electron chi connectivity index (χ4n) is 2.35. The van der Waals surface area contributed by atoms with Crippen LogP contribution in [0.1, 0.15) is 45.4 Å². The van der Waals surface area contributed by atoms with Crippen LogP contribution in [0.2, 0.25) is 0 Å². The molecule has 1 saturated carbocycles. The molecule has 0 aromatic heterocycles. The van der Waals surface area contributed by atoms with Gasteiger partial charge in [-0.2, -0.15) is 0 Å². The van der Waals surface area contributed by atoms with Crippen LogP contribution in [0, 0.1) is 5.92 Å². The standard InChI is InChI=1S/C12H22N2OS/c1-2-14(9-11(13)16)12(15)8-7-10-5-3-4-6-10/h10H,2-9H2,1H3,(H2,13,16). The van der Waals surface area contributed by atoms with Crippen molar-refractivity contribution in [3.63, 3.8) is 0 Å². The van der Waals surface area contributed by atoms with Gasteiger partial charge in [0.15, 0.2) is 0 Å². The molecule has 1 amide bonds. The lowest BCUT2D eigenvalue weighted by Crippen LogP contribution is -2.37. The summed E-state index contributed by atoms with van der Waals surface area (Å²) in [5.41, 5.74) is 5.46. The molecule has 1 aliphatic rings. The summed E-state index contributed by atoms with van der Waals surface area (Å²) in [6.45, 7) is 3.09. The van der Waals surface area contributed by atoms with E-state index in [1.54, 1.807) is 4.90 Å². The second kappa shape index (κ2) is 6.84. The van der Waals surface area contributed by atoms with E-state index in [2.05, 4.69) is 0 Å². The Bertz CT molecular complexity index is 249. The van der Waals surface area contributed by atoms with Gasteiger partial charge in [-0.15, -0.1) is 0 Å². The van der Waals surface area contributed by atoms with Gasteiger partial charge in [0.2, 0.25) is 5.91 Å². The number of likely N-dealkylation sites (N-methyl/N-ethyl adjacent to an activating group) is 1. The second-order valence-corrected chi connectivity index (χ2v) is 5.09.